The standard InChI is InChI=1S/C7H9NO2/c1-5-2-3-6(4-9)7(10)8-5/h2,4,6H,3H2,1H3,(H,8,10). The van der Waals surface area contributed by atoms with Gasteiger partial charge in [-0.15, -0.1) is 0 Å². The molecule has 0 aromatic carbocycles. The molecule has 1 atom stereocenters. The van der Waals surface area contributed by atoms with Gasteiger partial charge >= 0.3 is 0 Å². The molecular formula is C7H9NO2. The maximum absolute atomic E-state index is 10.9. The van der Waals surface area contributed by atoms with Gasteiger partial charge in [-0.25, -0.2) is 0 Å². The Morgan fingerprint density at radius 1 is 1.80 bits per heavy atom. The number of carbonyl (C=O) groups excluding carboxylic acids is 2. The number of hydrogen-bond acceptors (Lipinski definition) is 2. The van der Waals surface area contributed by atoms with E-state index in [9.17, 15) is 9.59 Å². The Morgan fingerprint density at radius 3 is 3.00 bits per heavy atom. The van der Waals surface area contributed by atoms with Gasteiger partial charge in [0, 0.05) is 5.70 Å². The van der Waals surface area contributed by atoms with Crippen molar-refractivity contribution < 1.29 is 9.59 Å². The molecule has 54 valence electrons. The molecule has 1 aliphatic rings. The van der Waals surface area contributed by atoms with Crippen LogP contribution < -0.4 is 5.32 Å². The van der Waals surface area contributed by atoms with E-state index in [1.165, 1.54) is 0 Å². The van der Waals surface area contributed by atoms with Crippen LogP contribution >= 0.6 is 0 Å². The van der Waals surface area contributed by atoms with Gasteiger partial charge < -0.3 is 10.1 Å². The fraction of sp³-hybridized carbons (Fsp3) is 0.429. The zero-order chi connectivity index (χ0) is 7.56. The lowest BCUT2D eigenvalue weighted by Gasteiger charge is -2.14. The summed E-state index contributed by atoms with van der Waals surface area (Å²) >= 11 is 0. The normalized spacial score (nSPS) is 25.1. The highest BCUT2D eigenvalue weighted by Gasteiger charge is 2.19. The molecule has 1 heterocycles. The largest absolute Gasteiger partial charge is 0.330 e. The van der Waals surface area contributed by atoms with Crippen molar-refractivity contribution in [2.45, 2.75) is 13.3 Å². The SMILES string of the molecule is CC1=CCC(C=O)C(=O)N1. The molecule has 1 rings (SSSR count). The smallest absolute Gasteiger partial charge is 0.234 e. The minimum Gasteiger partial charge on any atom is -0.330 e. The highest BCUT2D eigenvalue weighted by Crippen LogP contribution is 2.08. The van der Waals surface area contributed by atoms with Crippen LogP contribution in [0.15, 0.2) is 11.8 Å². The maximum atomic E-state index is 10.9. The summed E-state index contributed by atoms with van der Waals surface area (Å²) in [5.41, 5.74) is 0.836. The van der Waals surface area contributed by atoms with Crippen LogP contribution in [0.3, 0.4) is 0 Å². The van der Waals surface area contributed by atoms with Crippen LogP contribution in [0, 0.1) is 5.92 Å². The molecule has 1 aliphatic heterocycles. The Bertz CT molecular complexity index is 196. The lowest BCUT2D eigenvalue weighted by Crippen LogP contribution is -2.33. The summed E-state index contributed by atoms with van der Waals surface area (Å²) in [5.74, 6) is -0.654. The molecule has 1 unspecified atom stereocenters. The molecule has 0 fully saturated rings. The number of hydrogen-bond donors (Lipinski definition) is 1. The van der Waals surface area contributed by atoms with Crippen molar-refractivity contribution >= 4 is 12.2 Å². The van der Waals surface area contributed by atoms with Crippen LogP contribution in [0.1, 0.15) is 13.3 Å². The molecule has 10 heavy (non-hydrogen) atoms. The Hall–Kier alpha value is -1.12. The van der Waals surface area contributed by atoms with Gasteiger partial charge in [0.2, 0.25) is 5.91 Å². The first-order valence-corrected chi connectivity index (χ1v) is 3.17. The van der Waals surface area contributed by atoms with Gasteiger partial charge in [0.25, 0.3) is 0 Å². The molecule has 0 radical (unpaired) electrons. The topological polar surface area (TPSA) is 46.2 Å². The summed E-state index contributed by atoms with van der Waals surface area (Å²) in [6.07, 6.45) is 3.07. The third-order valence-corrected chi connectivity index (χ3v) is 1.50. The van der Waals surface area contributed by atoms with Crippen molar-refractivity contribution in [2.75, 3.05) is 0 Å². The van der Waals surface area contributed by atoms with Crippen molar-refractivity contribution in [3.05, 3.63) is 11.8 Å². The van der Waals surface area contributed by atoms with Crippen molar-refractivity contribution in [3.63, 3.8) is 0 Å². The van der Waals surface area contributed by atoms with Gasteiger partial charge in [0.05, 0.1) is 5.92 Å². The Morgan fingerprint density at radius 2 is 2.50 bits per heavy atom. The average Bonchev–Trinajstić information content (AvgIpc) is 1.88. The predicted molar refractivity (Wildman–Crippen MR) is 36.1 cm³/mol. The molecule has 0 spiro atoms. The first-order chi connectivity index (χ1) is 4.74. The molecule has 0 saturated carbocycles. The van der Waals surface area contributed by atoms with E-state index in [1.54, 1.807) is 6.92 Å². The zero-order valence-corrected chi connectivity index (χ0v) is 5.76. The molecule has 0 saturated heterocycles. The second-order valence-electron chi connectivity index (χ2n) is 2.35. The van der Waals surface area contributed by atoms with Crippen LogP contribution in [0.5, 0.6) is 0 Å². The third-order valence-electron chi connectivity index (χ3n) is 1.50. The predicted octanol–water partition coefficient (Wildman–Crippen LogP) is 0.225. The second kappa shape index (κ2) is 2.64. The van der Waals surface area contributed by atoms with E-state index < -0.39 is 5.92 Å². The number of nitrogens with one attached hydrogen (secondary N) is 1. The van der Waals surface area contributed by atoms with Crippen molar-refractivity contribution in [1.82, 2.24) is 5.32 Å². The van der Waals surface area contributed by atoms with Crippen LogP contribution in [0.25, 0.3) is 0 Å². The minimum atomic E-state index is -0.469. The van der Waals surface area contributed by atoms with Crippen LogP contribution in [-0.2, 0) is 9.59 Å². The number of allylic oxidation sites excluding steroid dienone is 2. The molecule has 0 aliphatic carbocycles. The van der Waals surface area contributed by atoms with Crippen LogP contribution in [0.2, 0.25) is 0 Å². The molecule has 0 aromatic rings. The Kier molecular flexibility index (Phi) is 1.85. The highest BCUT2D eigenvalue weighted by molar-refractivity contribution is 5.93. The molecule has 3 nitrogen and oxygen atoms in total. The van der Waals surface area contributed by atoms with E-state index >= 15 is 0 Å². The van der Waals surface area contributed by atoms with Gasteiger partial charge in [-0.05, 0) is 13.3 Å². The lowest BCUT2D eigenvalue weighted by molar-refractivity contribution is -0.128. The summed E-state index contributed by atoms with van der Waals surface area (Å²) in [6, 6.07) is 0. The third kappa shape index (κ3) is 1.23. The van der Waals surface area contributed by atoms with Crippen molar-refractivity contribution in [3.8, 4) is 0 Å². The first-order valence-electron chi connectivity index (χ1n) is 3.17. The summed E-state index contributed by atoms with van der Waals surface area (Å²) in [7, 11) is 0. The summed E-state index contributed by atoms with van der Waals surface area (Å²) in [5, 5.41) is 2.57. The second-order valence-corrected chi connectivity index (χ2v) is 2.35. The maximum Gasteiger partial charge on any atom is 0.234 e. The molecule has 1 amide bonds. The van der Waals surface area contributed by atoms with E-state index in [0.29, 0.717) is 12.7 Å². The molecule has 1 N–H and O–H groups in total. The Labute approximate surface area is 59.1 Å². The van der Waals surface area contributed by atoms with E-state index in [2.05, 4.69) is 5.32 Å². The fourth-order valence-corrected chi connectivity index (χ4v) is 0.866. The van der Waals surface area contributed by atoms with E-state index in [0.717, 1.165) is 5.70 Å². The fourth-order valence-electron chi connectivity index (χ4n) is 0.866. The highest BCUT2D eigenvalue weighted by atomic mass is 16.2. The summed E-state index contributed by atoms with van der Waals surface area (Å²) in [6.45, 7) is 1.80. The number of rotatable bonds is 1. The first kappa shape index (κ1) is 6.99. The van der Waals surface area contributed by atoms with Crippen LogP contribution in [0.4, 0.5) is 0 Å². The van der Waals surface area contributed by atoms with Gasteiger partial charge in [-0.1, -0.05) is 6.08 Å². The average molecular weight is 139 g/mol. The van der Waals surface area contributed by atoms with Gasteiger partial charge in [0.1, 0.15) is 6.29 Å². The molecule has 0 aromatic heterocycles. The quantitative estimate of drug-likeness (QED) is 0.417. The monoisotopic (exact) mass is 139 g/mol. The van der Waals surface area contributed by atoms with Gasteiger partial charge in [-0.3, -0.25) is 4.79 Å². The van der Waals surface area contributed by atoms with Gasteiger partial charge in [-0.2, -0.15) is 0 Å². The molecule has 0 bridgehead atoms. The summed E-state index contributed by atoms with van der Waals surface area (Å²) < 4.78 is 0. The van der Waals surface area contributed by atoms with E-state index in [1.807, 2.05) is 6.08 Å². The van der Waals surface area contributed by atoms with E-state index in [4.69, 9.17) is 0 Å². The zero-order valence-electron chi connectivity index (χ0n) is 5.76. The lowest BCUT2D eigenvalue weighted by atomic mass is 10.0. The minimum absolute atomic E-state index is 0.185. The number of aldehydes is 1. The number of amides is 1. The van der Waals surface area contributed by atoms with Crippen LogP contribution in [-0.4, -0.2) is 12.2 Å². The summed E-state index contributed by atoms with van der Waals surface area (Å²) in [4.78, 5) is 21.0. The van der Waals surface area contributed by atoms with Crippen molar-refractivity contribution in [2.24, 2.45) is 5.92 Å². The van der Waals surface area contributed by atoms with Gasteiger partial charge in [0.15, 0.2) is 0 Å². The number of carbonyl (C=O) groups is 2. The molecular weight excluding hydrogens is 130 g/mol. The van der Waals surface area contributed by atoms with E-state index in [-0.39, 0.29) is 5.91 Å². The molecule has 3 heteroatoms. The van der Waals surface area contributed by atoms with Crippen molar-refractivity contribution in [1.29, 1.82) is 0 Å². The Balaban J connectivity index is 2.69.